The summed E-state index contributed by atoms with van der Waals surface area (Å²) in [7, 11) is 1.66. The van der Waals surface area contributed by atoms with Crippen molar-refractivity contribution in [1.29, 1.82) is 0 Å². The maximum Gasteiger partial charge on any atom is 0.185 e. The van der Waals surface area contributed by atoms with Gasteiger partial charge in [0.25, 0.3) is 0 Å². The van der Waals surface area contributed by atoms with Crippen LogP contribution in [-0.4, -0.2) is 19.6 Å². The van der Waals surface area contributed by atoms with E-state index >= 15 is 0 Å². The van der Waals surface area contributed by atoms with Crippen LogP contribution in [0.15, 0.2) is 29.3 Å². The molecule has 1 aromatic carbocycles. The molecule has 0 fully saturated rings. The highest BCUT2D eigenvalue weighted by molar-refractivity contribution is 14.0. The van der Waals surface area contributed by atoms with Gasteiger partial charge in [-0.25, -0.2) is 0 Å². The van der Waals surface area contributed by atoms with Crippen molar-refractivity contribution >= 4 is 29.9 Å². The quantitative estimate of drug-likeness (QED) is 0.371. The number of aliphatic imine (C=N–C) groups is 1. The van der Waals surface area contributed by atoms with Crippen LogP contribution in [0.3, 0.4) is 0 Å². The highest BCUT2D eigenvalue weighted by atomic mass is 127. The molecule has 0 aliphatic carbocycles. The maximum absolute atomic E-state index is 5.22. The number of rotatable bonds is 5. The van der Waals surface area contributed by atoms with Gasteiger partial charge in [0.2, 0.25) is 0 Å². The summed E-state index contributed by atoms with van der Waals surface area (Å²) in [5.74, 6) is 1.03. The molecule has 0 unspecified atom stereocenters. The van der Waals surface area contributed by atoms with Crippen LogP contribution in [0.1, 0.15) is 12.0 Å². The number of nitrogens with two attached hydrogens (primary N) is 2. The molecule has 0 heterocycles. The molecule has 4 N–H and O–H groups in total. The Hall–Kier alpha value is -0.980. The van der Waals surface area contributed by atoms with Crippen molar-refractivity contribution < 1.29 is 4.74 Å². The van der Waals surface area contributed by atoms with Crippen molar-refractivity contribution in [2.45, 2.75) is 12.8 Å². The van der Waals surface area contributed by atoms with Crippen LogP contribution in [0.2, 0.25) is 0 Å². The van der Waals surface area contributed by atoms with Gasteiger partial charge in [-0.1, -0.05) is 12.1 Å². The molecular weight excluding hydrogens is 317 g/mol. The van der Waals surface area contributed by atoms with Crippen LogP contribution >= 0.6 is 24.0 Å². The van der Waals surface area contributed by atoms with E-state index in [1.54, 1.807) is 7.11 Å². The second-order valence-electron chi connectivity index (χ2n) is 3.26. The van der Waals surface area contributed by atoms with Gasteiger partial charge in [-0.3, -0.25) is 4.99 Å². The van der Waals surface area contributed by atoms with Crippen LogP contribution in [0.4, 0.5) is 0 Å². The summed E-state index contributed by atoms with van der Waals surface area (Å²) in [6.07, 6.45) is 1.92. The smallest absolute Gasteiger partial charge is 0.185 e. The predicted octanol–water partition coefficient (Wildman–Crippen LogP) is 1.52. The second kappa shape index (κ2) is 8.20. The SMILES string of the molecule is COc1ccc(CCCN=C(N)N)cc1.I. The Balaban J connectivity index is 0.00000225. The second-order valence-corrected chi connectivity index (χ2v) is 3.26. The summed E-state index contributed by atoms with van der Waals surface area (Å²) < 4.78 is 5.07. The zero-order chi connectivity index (χ0) is 11.1. The third kappa shape index (κ3) is 5.79. The highest BCUT2D eigenvalue weighted by Gasteiger charge is 1.94. The fourth-order valence-corrected chi connectivity index (χ4v) is 1.28. The number of halogens is 1. The molecule has 5 heteroatoms. The van der Waals surface area contributed by atoms with Gasteiger partial charge in [0.15, 0.2) is 5.96 Å². The van der Waals surface area contributed by atoms with E-state index in [9.17, 15) is 0 Å². The van der Waals surface area contributed by atoms with E-state index in [0.29, 0.717) is 6.54 Å². The fraction of sp³-hybridized carbons (Fsp3) is 0.364. The summed E-state index contributed by atoms with van der Waals surface area (Å²) >= 11 is 0. The highest BCUT2D eigenvalue weighted by Crippen LogP contribution is 2.12. The molecule has 0 bridgehead atoms. The zero-order valence-corrected chi connectivity index (χ0v) is 11.7. The van der Waals surface area contributed by atoms with E-state index in [-0.39, 0.29) is 29.9 Å². The summed E-state index contributed by atoms with van der Waals surface area (Å²) in [6.45, 7) is 0.675. The van der Waals surface area contributed by atoms with Gasteiger partial charge in [0, 0.05) is 6.54 Å². The van der Waals surface area contributed by atoms with E-state index in [2.05, 4.69) is 4.99 Å². The number of nitrogens with zero attached hydrogens (tertiary/aromatic N) is 1. The Kier molecular flexibility index (Phi) is 7.70. The molecule has 0 amide bonds. The summed E-state index contributed by atoms with van der Waals surface area (Å²) in [6, 6.07) is 8.01. The molecule has 1 aromatic rings. The third-order valence-corrected chi connectivity index (χ3v) is 2.08. The summed E-state index contributed by atoms with van der Waals surface area (Å²) in [5, 5.41) is 0. The van der Waals surface area contributed by atoms with Gasteiger partial charge >= 0.3 is 0 Å². The van der Waals surface area contributed by atoms with Crippen molar-refractivity contribution in [3.8, 4) is 5.75 Å². The van der Waals surface area contributed by atoms with Gasteiger partial charge in [-0.15, -0.1) is 24.0 Å². The molecule has 0 aliphatic rings. The van der Waals surface area contributed by atoms with E-state index in [1.165, 1.54) is 5.56 Å². The lowest BCUT2D eigenvalue weighted by Gasteiger charge is -2.02. The van der Waals surface area contributed by atoms with E-state index in [4.69, 9.17) is 16.2 Å². The van der Waals surface area contributed by atoms with Gasteiger partial charge in [-0.05, 0) is 30.5 Å². The third-order valence-electron chi connectivity index (χ3n) is 2.08. The minimum absolute atomic E-state index is 0. The Morgan fingerprint density at radius 2 is 1.88 bits per heavy atom. The van der Waals surface area contributed by atoms with Crippen LogP contribution in [-0.2, 0) is 6.42 Å². The normalized spacial score (nSPS) is 9.06. The van der Waals surface area contributed by atoms with Gasteiger partial charge in [0.1, 0.15) is 5.75 Å². The number of ether oxygens (including phenoxy) is 1. The standard InChI is InChI=1S/C11H17N3O.HI/c1-15-10-6-4-9(5-7-10)3-2-8-14-11(12)13;/h4-7H,2-3,8H2,1H3,(H4,12,13,14);1H. The lowest BCUT2D eigenvalue weighted by atomic mass is 10.1. The maximum atomic E-state index is 5.22. The first kappa shape index (κ1) is 15.0. The number of benzene rings is 1. The number of aryl methyl sites for hydroxylation is 1. The first-order valence-electron chi connectivity index (χ1n) is 4.90. The minimum Gasteiger partial charge on any atom is -0.497 e. The Morgan fingerprint density at radius 1 is 1.25 bits per heavy atom. The van der Waals surface area contributed by atoms with Gasteiger partial charge in [0.05, 0.1) is 7.11 Å². The monoisotopic (exact) mass is 335 g/mol. The molecular formula is C11H18IN3O. The van der Waals surface area contributed by atoms with E-state index in [1.807, 2.05) is 24.3 Å². The first-order valence-corrected chi connectivity index (χ1v) is 4.90. The zero-order valence-electron chi connectivity index (χ0n) is 9.35. The molecule has 4 nitrogen and oxygen atoms in total. The van der Waals surface area contributed by atoms with Gasteiger partial charge in [-0.2, -0.15) is 0 Å². The number of methoxy groups -OCH3 is 1. The summed E-state index contributed by atoms with van der Waals surface area (Å²) in [5.41, 5.74) is 11.7. The molecule has 0 radical (unpaired) electrons. The molecule has 16 heavy (non-hydrogen) atoms. The molecule has 0 saturated carbocycles. The van der Waals surface area contributed by atoms with Crippen LogP contribution in [0, 0.1) is 0 Å². The van der Waals surface area contributed by atoms with Crippen LogP contribution < -0.4 is 16.2 Å². The van der Waals surface area contributed by atoms with Crippen molar-refractivity contribution in [1.82, 2.24) is 0 Å². The topological polar surface area (TPSA) is 73.6 Å². The molecule has 1 rings (SSSR count). The van der Waals surface area contributed by atoms with Crippen molar-refractivity contribution in [3.63, 3.8) is 0 Å². The van der Waals surface area contributed by atoms with Crippen molar-refractivity contribution in [2.24, 2.45) is 16.5 Å². The predicted molar refractivity (Wildman–Crippen MR) is 77.4 cm³/mol. The lowest BCUT2D eigenvalue weighted by molar-refractivity contribution is 0.414. The molecule has 0 saturated heterocycles. The number of hydrogen-bond donors (Lipinski definition) is 2. The molecule has 90 valence electrons. The summed E-state index contributed by atoms with van der Waals surface area (Å²) in [4.78, 5) is 3.92. The van der Waals surface area contributed by atoms with Gasteiger partial charge < -0.3 is 16.2 Å². The Morgan fingerprint density at radius 3 is 2.38 bits per heavy atom. The minimum atomic E-state index is 0. The average Bonchev–Trinajstić information content (AvgIpc) is 2.25. The first-order chi connectivity index (χ1) is 7.22. The lowest BCUT2D eigenvalue weighted by Crippen LogP contribution is -2.23. The van der Waals surface area contributed by atoms with E-state index in [0.717, 1.165) is 18.6 Å². The van der Waals surface area contributed by atoms with Crippen LogP contribution in [0.5, 0.6) is 5.75 Å². The Bertz CT molecular complexity index is 321. The fourth-order valence-electron chi connectivity index (χ4n) is 1.28. The van der Waals surface area contributed by atoms with Crippen molar-refractivity contribution in [3.05, 3.63) is 29.8 Å². The van der Waals surface area contributed by atoms with Crippen molar-refractivity contribution in [2.75, 3.05) is 13.7 Å². The molecule has 0 atom stereocenters. The average molecular weight is 335 g/mol. The number of guanidine groups is 1. The Labute approximate surface area is 113 Å². The molecule has 0 aliphatic heterocycles. The number of hydrogen-bond acceptors (Lipinski definition) is 2. The van der Waals surface area contributed by atoms with E-state index < -0.39 is 0 Å². The largest absolute Gasteiger partial charge is 0.497 e. The van der Waals surface area contributed by atoms with Crippen LogP contribution in [0.25, 0.3) is 0 Å². The molecule has 0 aromatic heterocycles. The molecule has 0 spiro atoms.